The first kappa shape index (κ1) is 24.1. The van der Waals surface area contributed by atoms with Crippen molar-refractivity contribution >= 4 is 27.2 Å². The highest BCUT2D eigenvalue weighted by Gasteiger charge is 2.15. The molecule has 5 aromatic carbocycles. The van der Waals surface area contributed by atoms with Gasteiger partial charge >= 0.3 is 0 Å². The fourth-order valence-electron chi connectivity index (χ4n) is 5.59. The van der Waals surface area contributed by atoms with E-state index in [0.29, 0.717) is 17.5 Å². The van der Waals surface area contributed by atoms with Gasteiger partial charge in [0, 0.05) is 34.1 Å². The summed E-state index contributed by atoms with van der Waals surface area (Å²) in [6.07, 6.45) is 2.04. The second-order valence-electron chi connectivity index (χ2n) is 10.5. The van der Waals surface area contributed by atoms with Crippen molar-refractivity contribution < 1.29 is 0 Å². The Morgan fingerprint density at radius 1 is 0.429 bits per heavy atom. The van der Waals surface area contributed by atoms with E-state index in [0.717, 1.165) is 50.1 Å². The van der Waals surface area contributed by atoms with Gasteiger partial charge in [-0.25, -0.2) is 19.9 Å². The summed E-state index contributed by atoms with van der Waals surface area (Å²) >= 11 is 0. The number of fused-ring (bicyclic) bond motifs is 3. The highest BCUT2D eigenvalue weighted by molar-refractivity contribution is 5.88. The van der Waals surface area contributed by atoms with Crippen LogP contribution in [0.4, 0.5) is 0 Å². The fraction of sp³-hybridized carbons (Fsp3) is 0.0270. The number of aryl methyl sites for hydroxylation is 1. The van der Waals surface area contributed by atoms with Crippen molar-refractivity contribution in [2.24, 2.45) is 0 Å². The number of rotatable bonds is 4. The molecule has 198 valence electrons. The molecule has 8 aromatic rings. The Morgan fingerprint density at radius 3 is 1.48 bits per heavy atom. The zero-order valence-electron chi connectivity index (χ0n) is 22.9. The molecule has 8 rings (SSSR count). The Morgan fingerprint density at radius 2 is 0.905 bits per heavy atom. The highest BCUT2D eigenvalue weighted by Crippen LogP contribution is 2.30. The molecule has 42 heavy (non-hydrogen) atoms. The Labute approximate surface area is 242 Å². The molecular weight excluding hydrogens is 514 g/mol. The molecule has 0 fully saturated rings. The van der Waals surface area contributed by atoms with Gasteiger partial charge in [-0.1, -0.05) is 103 Å². The number of benzene rings is 5. The monoisotopic (exact) mass is 539 g/mol. The molecule has 0 saturated heterocycles. The van der Waals surface area contributed by atoms with Crippen LogP contribution in [-0.2, 0) is 0 Å². The minimum atomic E-state index is 0.634. The summed E-state index contributed by atoms with van der Waals surface area (Å²) in [5, 5.41) is 4.67. The largest absolute Gasteiger partial charge is 0.304 e. The summed E-state index contributed by atoms with van der Waals surface area (Å²) in [7, 11) is 0. The van der Waals surface area contributed by atoms with E-state index in [1.807, 2.05) is 24.4 Å². The number of imidazole rings is 1. The van der Waals surface area contributed by atoms with E-state index in [-0.39, 0.29) is 0 Å². The van der Waals surface area contributed by atoms with Crippen LogP contribution in [0, 0.1) is 6.92 Å². The topological polar surface area (TPSA) is 56.0 Å². The van der Waals surface area contributed by atoms with E-state index in [4.69, 9.17) is 19.9 Å². The van der Waals surface area contributed by atoms with E-state index >= 15 is 0 Å². The normalized spacial score (nSPS) is 11.5. The van der Waals surface area contributed by atoms with Crippen LogP contribution in [0.15, 0.2) is 134 Å². The van der Waals surface area contributed by atoms with E-state index in [1.165, 1.54) is 10.8 Å². The van der Waals surface area contributed by atoms with Gasteiger partial charge < -0.3 is 4.40 Å². The van der Waals surface area contributed by atoms with Crippen molar-refractivity contribution in [3.63, 3.8) is 0 Å². The molecular formula is C37H25N5. The van der Waals surface area contributed by atoms with Crippen LogP contribution in [0.2, 0.25) is 0 Å². The van der Waals surface area contributed by atoms with Gasteiger partial charge in [-0.05, 0) is 52.7 Å². The summed E-state index contributed by atoms with van der Waals surface area (Å²) in [6, 6.07) is 43.8. The molecule has 0 saturated carbocycles. The molecule has 0 amide bonds. The van der Waals surface area contributed by atoms with E-state index in [1.54, 1.807) is 0 Å². The average Bonchev–Trinajstić information content (AvgIpc) is 3.40. The summed E-state index contributed by atoms with van der Waals surface area (Å²) in [5.41, 5.74) is 6.90. The number of hydrogen-bond donors (Lipinski definition) is 0. The molecule has 3 aromatic heterocycles. The summed E-state index contributed by atoms with van der Waals surface area (Å²) in [6.45, 7) is 2.10. The SMILES string of the molecule is Cc1c(-c2ccc(-c3nc(-c4ccc5ccccc5c4)nc(-c4ccc5ccccc5c4)n3)cc2)nc2ccccn12. The van der Waals surface area contributed by atoms with Gasteiger partial charge in [-0.3, -0.25) is 0 Å². The third-order valence-corrected chi connectivity index (χ3v) is 7.84. The average molecular weight is 540 g/mol. The lowest BCUT2D eigenvalue weighted by Gasteiger charge is -2.10. The molecule has 0 aliphatic heterocycles. The third kappa shape index (κ3) is 4.19. The predicted molar refractivity (Wildman–Crippen MR) is 170 cm³/mol. The Kier molecular flexibility index (Phi) is 5.61. The maximum absolute atomic E-state index is 4.98. The van der Waals surface area contributed by atoms with Crippen molar-refractivity contribution in [1.82, 2.24) is 24.3 Å². The maximum atomic E-state index is 4.98. The first-order valence-electron chi connectivity index (χ1n) is 14.0. The summed E-state index contributed by atoms with van der Waals surface area (Å²) < 4.78 is 2.11. The molecule has 0 radical (unpaired) electrons. The van der Waals surface area contributed by atoms with Crippen molar-refractivity contribution in [3.05, 3.63) is 139 Å². The van der Waals surface area contributed by atoms with Gasteiger partial charge in [0.05, 0.1) is 5.69 Å². The number of aromatic nitrogens is 5. The van der Waals surface area contributed by atoms with Gasteiger partial charge in [0.1, 0.15) is 5.65 Å². The highest BCUT2D eigenvalue weighted by atomic mass is 15.0. The first-order valence-corrected chi connectivity index (χ1v) is 14.0. The zero-order chi connectivity index (χ0) is 28.0. The van der Waals surface area contributed by atoms with Crippen molar-refractivity contribution in [2.45, 2.75) is 6.92 Å². The minimum absolute atomic E-state index is 0.634. The van der Waals surface area contributed by atoms with Crippen molar-refractivity contribution in [2.75, 3.05) is 0 Å². The Hall–Kier alpha value is -5.68. The predicted octanol–water partition coefficient (Wildman–Crippen LogP) is 8.80. The number of hydrogen-bond acceptors (Lipinski definition) is 4. The zero-order valence-corrected chi connectivity index (χ0v) is 22.9. The van der Waals surface area contributed by atoms with Gasteiger partial charge in [-0.2, -0.15) is 0 Å². The molecule has 5 heteroatoms. The minimum Gasteiger partial charge on any atom is -0.304 e. The van der Waals surface area contributed by atoms with Gasteiger partial charge in [0.25, 0.3) is 0 Å². The van der Waals surface area contributed by atoms with Crippen LogP contribution in [-0.4, -0.2) is 24.3 Å². The fourth-order valence-corrected chi connectivity index (χ4v) is 5.59. The first-order chi connectivity index (χ1) is 20.7. The van der Waals surface area contributed by atoms with Crippen molar-refractivity contribution in [3.8, 4) is 45.4 Å². The molecule has 0 atom stereocenters. The van der Waals surface area contributed by atoms with Crippen LogP contribution in [0.1, 0.15) is 5.69 Å². The number of nitrogens with zero attached hydrogens (tertiary/aromatic N) is 5. The second kappa shape index (κ2) is 9.75. The lowest BCUT2D eigenvalue weighted by molar-refractivity contribution is 1.07. The molecule has 0 bridgehead atoms. The smallest absolute Gasteiger partial charge is 0.164 e. The summed E-state index contributed by atoms with van der Waals surface area (Å²) in [5.74, 6) is 1.93. The third-order valence-electron chi connectivity index (χ3n) is 7.84. The molecule has 0 aliphatic carbocycles. The standard InChI is InChI=1S/C37H25N5/c1-24-34(38-33-12-6-7-21-42(24)33)27-15-17-28(18-16-27)35-39-36(31-19-13-25-8-2-4-10-29(25)22-31)41-37(40-35)32-20-14-26-9-3-5-11-30(26)23-32/h2-23H,1H3. The van der Waals surface area contributed by atoms with Gasteiger partial charge in [0.2, 0.25) is 0 Å². The molecule has 0 aliphatic rings. The Balaban J connectivity index is 1.26. The second-order valence-corrected chi connectivity index (χ2v) is 10.5. The number of pyridine rings is 1. The quantitative estimate of drug-likeness (QED) is 0.224. The van der Waals surface area contributed by atoms with E-state index in [9.17, 15) is 0 Å². The van der Waals surface area contributed by atoms with Gasteiger partial charge in [-0.15, -0.1) is 0 Å². The van der Waals surface area contributed by atoms with Crippen LogP contribution in [0.25, 0.3) is 72.6 Å². The lowest BCUT2D eigenvalue weighted by atomic mass is 10.0. The van der Waals surface area contributed by atoms with Crippen LogP contribution < -0.4 is 0 Å². The van der Waals surface area contributed by atoms with Crippen molar-refractivity contribution in [1.29, 1.82) is 0 Å². The molecule has 3 heterocycles. The molecule has 0 unspecified atom stereocenters. The maximum Gasteiger partial charge on any atom is 0.164 e. The molecule has 0 N–H and O–H groups in total. The molecule has 5 nitrogen and oxygen atoms in total. The molecule has 0 spiro atoms. The van der Waals surface area contributed by atoms with Gasteiger partial charge in [0.15, 0.2) is 17.5 Å². The summed E-state index contributed by atoms with van der Waals surface area (Å²) in [4.78, 5) is 19.8. The Bertz CT molecular complexity index is 2170. The lowest BCUT2D eigenvalue weighted by Crippen LogP contribution is -2.00. The van der Waals surface area contributed by atoms with E-state index < -0.39 is 0 Å². The van der Waals surface area contributed by atoms with Crippen LogP contribution in [0.5, 0.6) is 0 Å². The van der Waals surface area contributed by atoms with Crippen LogP contribution >= 0.6 is 0 Å². The van der Waals surface area contributed by atoms with Crippen LogP contribution in [0.3, 0.4) is 0 Å². The van der Waals surface area contributed by atoms with E-state index in [2.05, 4.69) is 121 Å².